The fraction of sp³-hybridized carbons (Fsp3) is 0.263. The van der Waals surface area contributed by atoms with Crippen LogP contribution in [-0.4, -0.2) is 27.3 Å². The standard InChI is InChI=1S/C19H21N3O5S/c1-12-10-15(12)19(24)21-20-18(23)13-6-5-7-14(11-13)28(25,26)22-16-8-3-4-9-17(16)27-2/h3-9,11-12,15,22H,10H2,1-2H3,(H,20,23)(H,21,24). The second-order valence-electron chi connectivity index (χ2n) is 6.60. The molecule has 28 heavy (non-hydrogen) atoms. The number of carbonyl (C=O) groups is 2. The largest absolute Gasteiger partial charge is 0.495 e. The number of para-hydroxylation sites is 2. The van der Waals surface area contributed by atoms with Gasteiger partial charge in [-0.15, -0.1) is 0 Å². The van der Waals surface area contributed by atoms with Gasteiger partial charge in [-0.3, -0.25) is 25.2 Å². The van der Waals surface area contributed by atoms with Crippen LogP contribution in [0.5, 0.6) is 5.75 Å². The van der Waals surface area contributed by atoms with Crippen molar-refractivity contribution in [3.8, 4) is 5.75 Å². The lowest BCUT2D eigenvalue weighted by molar-refractivity contribution is -0.123. The minimum Gasteiger partial charge on any atom is -0.495 e. The Morgan fingerprint density at radius 2 is 1.79 bits per heavy atom. The molecule has 2 amide bonds. The Hall–Kier alpha value is -3.07. The van der Waals surface area contributed by atoms with Crippen LogP contribution in [0.3, 0.4) is 0 Å². The van der Waals surface area contributed by atoms with Crippen molar-refractivity contribution < 1.29 is 22.7 Å². The van der Waals surface area contributed by atoms with Crippen molar-refractivity contribution >= 4 is 27.5 Å². The molecule has 8 nitrogen and oxygen atoms in total. The molecule has 1 fully saturated rings. The molecule has 1 aliphatic carbocycles. The highest BCUT2D eigenvalue weighted by Crippen LogP contribution is 2.37. The van der Waals surface area contributed by atoms with E-state index in [-0.39, 0.29) is 28.0 Å². The minimum absolute atomic E-state index is 0.0861. The molecule has 9 heteroatoms. The summed E-state index contributed by atoms with van der Waals surface area (Å²) in [6, 6.07) is 12.1. The Balaban J connectivity index is 1.72. The summed E-state index contributed by atoms with van der Waals surface area (Å²) in [5.74, 6) is -0.251. The summed E-state index contributed by atoms with van der Waals surface area (Å²) in [5.41, 5.74) is 5.07. The smallest absolute Gasteiger partial charge is 0.269 e. The molecule has 0 spiro atoms. The van der Waals surface area contributed by atoms with Crippen LogP contribution in [-0.2, 0) is 14.8 Å². The van der Waals surface area contributed by atoms with Gasteiger partial charge in [-0.2, -0.15) is 0 Å². The molecule has 3 rings (SSSR count). The molecule has 148 valence electrons. The molecule has 0 saturated heterocycles. The molecule has 1 aliphatic rings. The summed E-state index contributed by atoms with van der Waals surface area (Å²) < 4.78 is 32.9. The molecule has 2 aromatic rings. The van der Waals surface area contributed by atoms with E-state index in [9.17, 15) is 18.0 Å². The van der Waals surface area contributed by atoms with Gasteiger partial charge in [0.15, 0.2) is 0 Å². The van der Waals surface area contributed by atoms with Crippen LogP contribution in [0.15, 0.2) is 53.4 Å². The number of rotatable bonds is 6. The molecule has 1 saturated carbocycles. The lowest BCUT2D eigenvalue weighted by Crippen LogP contribution is -2.42. The third-order valence-electron chi connectivity index (χ3n) is 4.50. The van der Waals surface area contributed by atoms with Gasteiger partial charge in [-0.1, -0.05) is 25.1 Å². The second kappa shape index (κ2) is 7.89. The number of ether oxygens (including phenoxy) is 1. The first-order valence-corrected chi connectivity index (χ1v) is 10.2. The molecule has 3 N–H and O–H groups in total. The van der Waals surface area contributed by atoms with Crippen molar-refractivity contribution in [2.75, 3.05) is 11.8 Å². The van der Waals surface area contributed by atoms with Gasteiger partial charge in [0.25, 0.3) is 15.9 Å². The maximum atomic E-state index is 12.7. The lowest BCUT2D eigenvalue weighted by atomic mass is 10.2. The molecule has 0 heterocycles. The van der Waals surface area contributed by atoms with Crippen molar-refractivity contribution in [1.82, 2.24) is 10.9 Å². The fourth-order valence-corrected chi connectivity index (χ4v) is 3.82. The zero-order chi connectivity index (χ0) is 20.3. The van der Waals surface area contributed by atoms with Crippen molar-refractivity contribution in [3.05, 3.63) is 54.1 Å². The summed E-state index contributed by atoms with van der Waals surface area (Å²) in [4.78, 5) is 24.0. The summed E-state index contributed by atoms with van der Waals surface area (Å²) in [7, 11) is -2.50. The maximum absolute atomic E-state index is 12.7. The van der Waals surface area contributed by atoms with E-state index in [1.54, 1.807) is 24.3 Å². The van der Waals surface area contributed by atoms with E-state index >= 15 is 0 Å². The number of benzene rings is 2. The third-order valence-corrected chi connectivity index (χ3v) is 5.87. The van der Waals surface area contributed by atoms with Crippen molar-refractivity contribution in [1.29, 1.82) is 0 Å². The summed E-state index contributed by atoms with van der Waals surface area (Å²) in [5, 5.41) is 0. The number of hydrazine groups is 1. The Labute approximate surface area is 163 Å². The van der Waals surface area contributed by atoms with Gasteiger partial charge in [0, 0.05) is 11.5 Å². The Morgan fingerprint density at radius 3 is 2.46 bits per heavy atom. The van der Waals surface area contributed by atoms with E-state index < -0.39 is 15.9 Å². The number of hydrogen-bond donors (Lipinski definition) is 3. The van der Waals surface area contributed by atoms with Crippen LogP contribution in [0.25, 0.3) is 0 Å². The molecule has 0 aromatic heterocycles. The predicted molar refractivity (Wildman–Crippen MR) is 103 cm³/mol. The lowest BCUT2D eigenvalue weighted by Gasteiger charge is -2.12. The maximum Gasteiger partial charge on any atom is 0.269 e. The van der Waals surface area contributed by atoms with Crippen LogP contribution in [0.1, 0.15) is 23.7 Å². The Bertz CT molecular complexity index is 1010. The number of sulfonamides is 1. The van der Waals surface area contributed by atoms with Gasteiger partial charge < -0.3 is 4.74 Å². The number of amides is 2. The van der Waals surface area contributed by atoms with Crippen LogP contribution < -0.4 is 20.3 Å². The van der Waals surface area contributed by atoms with Gasteiger partial charge >= 0.3 is 0 Å². The SMILES string of the molecule is COc1ccccc1NS(=O)(=O)c1cccc(C(=O)NNC(=O)C2CC2C)c1. The topological polar surface area (TPSA) is 114 Å². The number of nitrogens with one attached hydrogen (secondary N) is 3. The van der Waals surface area contributed by atoms with Crippen molar-refractivity contribution in [2.24, 2.45) is 11.8 Å². The second-order valence-corrected chi connectivity index (χ2v) is 8.28. The highest BCUT2D eigenvalue weighted by molar-refractivity contribution is 7.92. The van der Waals surface area contributed by atoms with Crippen molar-refractivity contribution in [3.63, 3.8) is 0 Å². The average molecular weight is 403 g/mol. The predicted octanol–water partition coefficient (Wildman–Crippen LogP) is 1.91. The highest BCUT2D eigenvalue weighted by atomic mass is 32.2. The van der Waals surface area contributed by atoms with E-state index in [0.717, 1.165) is 6.42 Å². The number of methoxy groups -OCH3 is 1. The quantitative estimate of drug-likeness (QED) is 0.638. The first kappa shape index (κ1) is 19.7. The Kier molecular flexibility index (Phi) is 5.55. The Morgan fingerprint density at radius 1 is 1.07 bits per heavy atom. The van der Waals surface area contributed by atoms with Crippen LogP contribution in [0.2, 0.25) is 0 Å². The third kappa shape index (κ3) is 4.42. The molecule has 2 aromatic carbocycles. The van der Waals surface area contributed by atoms with Gasteiger partial charge in [-0.05, 0) is 42.7 Å². The van der Waals surface area contributed by atoms with Crippen LogP contribution in [0.4, 0.5) is 5.69 Å². The summed E-state index contributed by atoms with van der Waals surface area (Å²) in [6.45, 7) is 1.95. The van der Waals surface area contributed by atoms with Gasteiger partial charge in [0.2, 0.25) is 5.91 Å². The summed E-state index contributed by atoms with van der Waals surface area (Å²) >= 11 is 0. The molecule has 2 atom stereocenters. The van der Waals surface area contributed by atoms with Gasteiger partial charge in [0.1, 0.15) is 5.75 Å². The van der Waals surface area contributed by atoms with E-state index in [1.165, 1.54) is 31.4 Å². The van der Waals surface area contributed by atoms with Crippen LogP contribution in [0, 0.1) is 11.8 Å². The molecule has 2 unspecified atom stereocenters. The van der Waals surface area contributed by atoms with Gasteiger partial charge in [0.05, 0.1) is 17.7 Å². The average Bonchev–Trinajstić information content (AvgIpc) is 3.43. The number of carbonyl (C=O) groups excluding carboxylic acids is 2. The van der Waals surface area contributed by atoms with E-state index in [4.69, 9.17) is 4.74 Å². The molecule has 0 bridgehead atoms. The molecule has 0 radical (unpaired) electrons. The minimum atomic E-state index is -3.94. The number of anilines is 1. The highest BCUT2D eigenvalue weighted by Gasteiger charge is 2.39. The molecular weight excluding hydrogens is 382 g/mol. The van der Waals surface area contributed by atoms with E-state index in [2.05, 4.69) is 15.6 Å². The normalized spacial score (nSPS) is 18.1. The first-order valence-electron chi connectivity index (χ1n) is 8.68. The zero-order valence-corrected chi connectivity index (χ0v) is 16.2. The molecular formula is C19H21N3O5S. The first-order chi connectivity index (χ1) is 13.3. The van der Waals surface area contributed by atoms with Gasteiger partial charge in [-0.25, -0.2) is 8.42 Å². The summed E-state index contributed by atoms with van der Waals surface area (Å²) in [6.07, 6.45) is 0.796. The van der Waals surface area contributed by atoms with E-state index in [1.807, 2.05) is 6.92 Å². The fourth-order valence-electron chi connectivity index (χ4n) is 2.71. The van der Waals surface area contributed by atoms with Crippen molar-refractivity contribution in [2.45, 2.75) is 18.2 Å². The van der Waals surface area contributed by atoms with Crippen LogP contribution >= 0.6 is 0 Å². The molecule has 0 aliphatic heterocycles. The van der Waals surface area contributed by atoms with E-state index in [0.29, 0.717) is 11.7 Å². The zero-order valence-electron chi connectivity index (χ0n) is 15.4. The monoisotopic (exact) mass is 403 g/mol. The number of hydrogen-bond acceptors (Lipinski definition) is 5.